The number of rotatable bonds is 9. The van der Waals surface area contributed by atoms with E-state index in [1.165, 1.54) is 0 Å². The van der Waals surface area contributed by atoms with Gasteiger partial charge in [0.05, 0.1) is 25.7 Å². The molecule has 1 heterocycles. The standard InChI is InChI=1S/C21H32N2O4/c1-4-26-21(25)17-8-11-23(12-9-17)20(24)15-22-18-6-5-7-19(14-18)27-13-10-16(2)3/h5-7,14,16-17,22H,4,8-13,15H2,1-3H3. The molecule has 1 fully saturated rings. The van der Waals surface area contributed by atoms with Crippen LogP contribution in [0.2, 0.25) is 0 Å². The first-order chi connectivity index (χ1) is 13.0. The number of hydrogen-bond acceptors (Lipinski definition) is 5. The summed E-state index contributed by atoms with van der Waals surface area (Å²) in [6, 6.07) is 7.69. The minimum Gasteiger partial charge on any atom is -0.494 e. The number of nitrogens with one attached hydrogen (secondary N) is 1. The summed E-state index contributed by atoms with van der Waals surface area (Å²) < 4.78 is 10.8. The van der Waals surface area contributed by atoms with Crippen LogP contribution in [0, 0.1) is 11.8 Å². The summed E-state index contributed by atoms with van der Waals surface area (Å²) in [5.74, 6) is 1.24. The highest BCUT2D eigenvalue weighted by atomic mass is 16.5. The van der Waals surface area contributed by atoms with Crippen LogP contribution >= 0.6 is 0 Å². The van der Waals surface area contributed by atoms with E-state index < -0.39 is 0 Å². The Bertz CT molecular complexity index is 610. The van der Waals surface area contributed by atoms with Gasteiger partial charge in [0.1, 0.15) is 5.75 Å². The largest absolute Gasteiger partial charge is 0.494 e. The molecule has 1 aromatic rings. The van der Waals surface area contributed by atoms with Crippen LogP contribution in [0.25, 0.3) is 0 Å². The molecule has 1 saturated heterocycles. The molecule has 150 valence electrons. The maximum Gasteiger partial charge on any atom is 0.309 e. The molecule has 0 spiro atoms. The van der Waals surface area contributed by atoms with Gasteiger partial charge in [-0.25, -0.2) is 0 Å². The summed E-state index contributed by atoms with van der Waals surface area (Å²) in [7, 11) is 0. The Labute approximate surface area is 162 Å². The molecule has 0 bridgehead atoms. The summed E-state index contributed by atoms with van der Waals surface area (Å²) in [5.41, 5.74) is 0.867. The zero-order valence-electron chi connectivity index (χ0n) is 16.7. The molecule has 0 atom stereocenters. The maximum atomic E-state index is 12.4. The van der Waals surface area contributed by atoms with Gasteiger partial charge in [-0.15, -0.1) is 0 Å². The van der Waals surface area contributed by atoms with Crippen molar-refractivity contribution in [3.05, 3.63) is 24.3 Å². The number of amides is 1. The first-order valence-corrected chi connectivity index (χ1v) is 9.90. The number of carbonyl (C=O) groups excluding carboxylic acids is 2. The second-order valence-electron chi connectivity index (χ2n) is 7.32. The third-order valence-electron chi connectivity index (χ3n) is 4.71. The molecule has 0 unspecified atom stereocenters. The van der Waals surface area contributed by atoms with E-state index in [-0.39, 0.29) is 24.3 Å². The van der Waals surface area contributed by atoms with E-state index in [1.54, 1.807) is 0 Å². The van der Waals surface area contributed by atoms with Crippen LogP contribution in [0.3, 0.4) is 0 Å². The van der Waals surface area contributed by atoms with Crippen molar-refractivity contribution in [3.8, 4) is 5.75 Å². The van der Waals surface area contributed by atoms with Crippen molar-refractivity contribution in [2.75, 3.05) is 38.2 Å². The second kappa shape index (κ2) is 10.8. The zero-order valence-corrected chi connectivity index (χ0v) is 16.7. The summed E-state index contributed by atoms with van der Waals surface area (Å²) >= 11 is 0. The lowest BCUT2D eigenvalue weighted by molar-refractivity contribution is -0.151. The number of benzene rings is 1. The molecule has 2 rings (SSSR count). The van der Waals surface area contributed by atoms with Gasteiger partial charge < -0.3 is 19.7 Å². The predicted molar refractivity (Wildman–Crippen MR) is 106 cm³/mol. The average Bonchev–Trinajstić information content (AvgIpc) is 2.66. The normalized spacial score (nSPS) is 14.9. The Kier molecular flexibility index (Phi) is 8.43. The van der Waals surface area contributed by atoms with Gasteiger partial charge in [-0.3, -0.25) is 9.59 Å². The Morgan fingerprint density at radius 2 is 2.00 bits per heavy atom. The first kappa shape index (κ1) is 21.1. The van der Waals surface area contributed by atoms with Gasteiger partial charge in [-0.2, -0.15) is 0 Å². The van der Waals surface area contributed by atoms with Gasteiger partial charge in [-0.05, 0) is 44.2 Å². The van der Waals surface area contributed by atoms with Gasteiger partial charge in [0.2, 0.25) is 5.91 Å². The molecule has 1 N–H and O–H groups in total. The number of piperidine rings is 1. The lowest BCUT2D eigenvalue weighted by Crippen LogP contribution is -2.43. The zero-order chi connectivity index (χ0) is 19.6. The lowest BCUT2D eigenvalue weighted by Gasteiger charge is -2.31. The fourth-order valence-corrected chi connectivity index (χ4v) is 3.02. The first-order valence-electron chi connectivity index (χ1n) is 9.90. The Morgan fingerprint density at radius 3 is 2.67 bits per heavy atom. The van der Waals surface area contributed by atoms with Crippen molar-refractivity contribution in [2.45, 2.75) is 40.0 Å². The molecular weight excluding hydrogens is 344 g/mol. The van der Waals surface area contributed by atoms with Crippen LogP contribution in [-0.4, -0.2) is 49.6 Å². The van der Waals surface area contributed by atoms with E-state index in [4.69, 9.17) is 9.47 Å². The van der Waals surface area contributed by atoms with E-state index in [0.717, 1.165) is 17.9 Å². The molecule has 6 nitrogen and oxygen atoms in total. The van der Waals surface area contributed by atoms with Crippen LogP contribution in [0.5, 0.6) is 5.75 Å². The monoisotopic (exact) mass is 376 g/mol. The van der Waals surface area contributed by atoms with Gasteiger partial charge >= 0.3 is 5.97 Å². The van der Waals surface area contributed by atoms with Gasteiger partial charge in [0.25, 0.3) is 0 Å². The van der Waals surface area contributed by atoms with Crippen LogP contribution in [-0.2, 0) is 14.3 Å². The molecule has 0 radical (unpaired) electrons. The van der Waals surface area contributed by atoms with E-state index in [1.807, 2.05) is 36.1 Å². The number of esters is 1. The van der Waals surface area contributed by atoms with Crippen molar-refractivity contribution < 1.29 is 19.1 Å². The van der Waals surface area contributed by atoms with Crippen molar-refractivity contribution in [1.82, 2.24) is 4.90 Å². The molecule has 1 aliphatic rings. The van der Waals surface area contributed by atoms with E-state index in [2.05, 4.69) is 19.2 Å². The molecule has 6 heteroatoms. The lowest BCUT2D eigenvalue weighted by atomic mass is 9.97. The summed E-state index contributed by atoms with van der Waals surface area (Å²) in [6.45, 7) is 8.68. The molecular formula is C21H32N2O4. The number of carbonyl (C=O) groups is 2. The van der Waals surface area contributed by atoms with E-state index in [0.29, 0.717) is 45.1 Å². The fraction of sp³-hybridized carbons (Fsp3) is 0.619. The number of likely N-dealkylation sites (tertiary alicyclic amines) is 1. The number of anilines is 1. The van der Waals surface area contributed by atoms with Crippen LogP contribution in [0.15, 0.2) is 24.3 Å². The van der Waals surface area contributed by atoms with Crippen molar-refractivity contribution >= 4 is 17.6 Å². The molecule has 1 aromatic carbocycles. The van der Waals surface area contributed by atoms with Gasteiger partial charge in [-0.1, -0.05) is 19.9 Å². The number of hydrogen-bond donors (Lipinski definition) is 1. The van der Waals surface area contributed by atoms with Crippen molar-refractivity contribution in [1.29, 1.82) is 0 Å². The summed E-state index contributed by atoms with van der Waals surface area (Å²) in [5, 5.41) is 3.17. The smallest absolute Gasteiger partial charge is 0.309 e. The summed E-state index contributed by atoms with van der Waals surface area (Å²) in [4.78, 5) is 26.0. The van der Waals surface area contributed by atoms with E-state index in [9.17, 15) is 9.59 Å². The van der Waals surface area contributed by atoms with Crippen molar-refractivity contribution in [3.63, 3.8) is 0 Å². The highest BCUT2D eigenvalue weighted by molar-refractivity contribution is 5.81. The molecule has 0 aliphatic carbocycles. The third-order valence-corrected chi connectivity index (χ3v) is 4.71. The Hall–Kier alpha value is -2.24. The predicted octanol–water partition coefficient (Wildman–Crippen LogP) is 3.33. The van der Waals surface area contributed by atoms with Gasteiger partial charge in [0, 0.05) is 24.8 Å². The SMILES string of the molecule is CCOC(=O)C1CCN(C(=O)CNc2cccc(OCCC(C)C)c2)CC1. The Morgan fingerprint density at radius 1 is 1.26 bits per heavy atom. The van der Waals surface area contributed by atoms with Crippen LogP contribution < -0.4 is 10.1 Å². The quantitative estimate of drug-likeness (QED) is 0.670. The Balaban J connectivity index is 1.75. The number of ether oxygens (including phenoxy) is 2. The highest BCUT2D eigenvalue weighted by Gasteiger charge is 2.27. The fourth-order valence-electron chi connectivity index (χ4n) is 3.02. The average molecular weight is 376 g/mol. The summed E-state index contributed by atoms with van der Waals surface area (Å²) in [6.07, 6.45) is 2.35. The molecule has 27 heavy (non-hydrogen) atoms. The molecule has 0 saturated carbocycles. The van der Waals surface area contributed by atoms with Crippen LogP contribution in [0.4, 0.5) is 5.69 Å². The highest BCUT2D eigenvalue weighted by Crippen LogP contribution is 2.20. The topological polar surface area (TPSA) is 67.9 Å². The third kappa shape index (κ3) is 7.12. The van der Waals surface area contributed by atoms with Gasteiger partial charge in [0.15, 0.2) is 0 Å². The van der Waals surface area contributed by atoms with E-state index >= 15 is 0 Å². The molecule has 1 aliphatic heterocycles. The molecule has 0 aromatic heterocycles. The molecule has 1 amide bonds. The second-order valence-corrected chi connectivity index (χ2v) is 7.32. The van der Waals surface area contributed by atoms with Crippen molar-refractivity contribution in [2.24, 2.45) is 11.8 Å². The maximum absolute atomic E-state index is 12.4. The van der Waals surface area contributed by atoms with Crippen LogP contribution in [0.1, 0.15) is 40.0 Å². The minimum absolute atomic E-state index is 0.0449. The minimum atomic E-state index is -0.142. The number of nitrogens with zero attached hydrogens (tertiary/aromatic N) is 1.